The van der Waals surface area contributed by atoms with Crippen LogP contribution in [-0.4, -0.2) is 60.5 Å². The highest BCUT2D eigenvalue weighted by Gasteiger charge is 2.24. The second kappa shape index (κ2) is 9.87. The summed E-state index contributed by atoms with van der Waals surface area (Å²) >= 11 is 0. The molecule has 3 rings (SSSR count). The Kier molecular flexibility index (Phi) is 7.01. The van der Waals surface area contributed by atoms with Crippen molar-refractivity contribution in [3.8, 4) is 6.07 Å². The van der Waals surface area contributed by atoms with E-state index >= 15 is 0 Å². The van der Waals surface area contributed by atoms with Gasteiger partial charge >= 0.3 is 0 Å². The zero-order chi connectivity index (χ0) is 20.6. The highest BCUT2D eigenvalue weighted by Crippen LogP contribution is 2.18. The zero-order valence-corrected chi connectivity index (χ0v) is 17.2. The number of nitrogens with zero attached hydrogens (tertiary/aromatic N) is 6. The van der Waals surface area contributed by atoms with E-state index in [1.807, 2.05) is 21.7 Å². The average Bonchev–Trinajstić information content (AvgIpc) is 2.78. The number of piperazine rings is 1. The molecule has 0 saturated carbocycles. The van der Waals surface area contributed by atoms with Gasteiger partial charge in [-0.15, -0.1) is 0 Å². The second-order valence-corrected chi connectivity index (χ2v) is 7.33. The summed E-state index contributed by atoms with van der Waals surface area (Å²) in [5, 5.41) is 9.21. The van der Waals surface area contributed by atoms with Gasteiger partial charge in [-0.05, 0) is 30.5 Å². The molecule has 0 radical (unpaired) electrons. The van der Waals surface area contributed by atoms with Gasteiger partial charge in [0, 0.05) is 51.3 Å². The summed E-state index contributed by atoms with van der Waals surface area (Å²) in [6.07, 6.45) is 6.61. The first kappa shape index (κ1) is 20.6. The number of rotatable bonds is 7. The van der Waals surface area contributed by atoms with Crippen molar-refractivity contribution >= 4 is 17.4 Å². The van der Waals surface area contributed by atoms with Crippen LogP contribution in [0.4, 0.5) is 11.5 Å². The number of likely N-dealkylation sites (N-methyl/N-ethyl adjacent to an activating group) is 1. The Hall–Kier alpha value is -3.14. The molecule has 1 amide bonds. The first-order chi connectivity index (χ1) is 14.1. The minimum absolute atomic E-state index is 0.113. The summed E-state index contributed by atoms with van der Waals surface area (Å²) in [4.78, 5) is 27.0. The lowest BCUT2D eigenvalue weighted by molar-refractivity contribution is -0.129. The third-order valence-corrected chi connectivity index (χ3v) is 5.29. The van der Waals surface area contributed by atoms with Gasteiger partial charge < -0.3 is 14.7 Å². The van der Waals surface area contributed by atoms with E-state index in [2.05, 4.69) is 47.2 Å². The van der Waals surface area contributed by atoms with Gasteiger partial charge in [-0.25, -0.2) is 9.97 Å². The smallest absolute Gasteiger partial charge is 0.242 e. The number of anilines is 2. The van der Waals surface area contributed by atoms with Crippen LogP contribution < -0.4 is 9.80 Å². The third-order valence-electron chi connectivity index (χ3n) is 5.29. The number of aryl methyl sites for hydroxylation is 1. The molecule has 1 saturated heterocycles. The maximum atomic E-state index is 12.7. The van der Waals surface area contributed by atoms with Crippen molar-refractivity contribution in [1.29, 1.82) is 5.26 Å². The normalized spacial score (nSPS) is 13.8. The summed E-state index contributed by atoms with van der Waals surface area (Å²) < 4.78 is 0. The van der Waals surface area contributed by atoms with E-state index in [1.165, 1.54) is 24.6 Å². The zero-order valence-electron chi connectivity index (χ0n) is 17.2. The molecular formula is C22H28N6O. The SMILES string of the molecule is CCCCc1ccc(N(C)CC(=O)N2CCN(c3nccnc3C#N)CC2)cc1. The van der Waals surface area contributed by atoms with E-state index in [9.17, 15) is 10.1 Å². The molecule has 0 unspecified atom stereocenters. The Morgan fingerprint density at radius 1 is 1.14 bits per heavy atom. The summed E-state index contributed by atoms with van der Waals surface area (Å²) in [6.45, 7) is 5.07. The third kappa shape index (κ3) is 5.23. The van der Waals surface area contributed by atoms with Crippen molar-refractivity contribution in [3.63, 3.8) is 0 Å². The Bertz CT molecular complexity index is 852. The number of amides is 1. The van der Waals surface area contributed by atoms with Crippen LogP contribution >= 0.6 is 0 Å². The number of hydrogen-bond donors (Lipinski definition) is 0. The minimum atomic E-state index is 0.113. The van der Waals surface area contributed by atoms with E-state index in [4.69, 9.17) is 0 Å². The number of unbranched alkanes of at least 4 members (excludes halogenated alkanes) is 1. The van der Waals surface area contributed by atoms with Crippen molar-refractivity contribution in [2.45, 2.75) is 26.2 Å². The van der Waals surface area contributed by atoms with E-state index in [1.54, 1.807) is 6.20 Å². The summed E-state index contributed by atoms with van der Waals surface area (Å²) in [6, 6.07) is 10.6. The number of hydrogen-bond acceptors (Lipinski definition) is 6. The molecule has 2 heterocycles. The molecule has 1 aromatic carbocycles. The summed E-state index contributed by atoms with van der Waals surface area (Å²) in [5.41, 5.74) is 2.72. The Morgan fingerprint density at radius 3 is 2.48 bits per heavy atom. The monoisotopic (exact) mass is 392 g/mol. The molecule has 7 nitrogen and oxygen atoms in total. The molecule has 0 bridgehead atoms. The lowest BCUT2D eigenvalue weighted by Gasteiger charge is -2.36. The van der Waals surface area contributed by atoms with E-state index < -0.39 is 0 Å². The molecular weight excluding hydrogens is 364 g/mol. The van der Waals surface area contributed by atoms with Gasteiger partial charge in [0.25, 0.3) is 0 Å². The van der Waals surface area contributed by atoms with Crippen molar-refractivity contribution in [2.24, 2.45) is 0 Å². The number of aromatic nitrogens is 2. The van der Waals surface area contributed by atoms with Gasteiger partial charge in [0.15, 0.2) is 11.5 Å². The number of carbonyl (C=O) groups excluding carboxylic acids is 1. The van der Waals surface area contributed by atoms with Gasteiger partial charge in [-0.2, -0.15) is 5.26 Å². The van der Waals surface area contributed by atoms with Crippen molar-refractivity contribution in [1.82, 2.24) is 14.9 Å². The largest absolute Gasteiger partial charge is 0.365 e. The predicted molar refractivity (Wildman–Crippen MR) is 114 cm³/mol. The maximum absolute atomic E-state index is 12.7. The van der Waals surface area contributed by atoms with E-state index in [0.717, 1.165) is 12.1 Å². The standard InChI is InChI=1S/C22H28N6O/c1-3-4-5-18-6-8-19(9-7-18)26(2)17-21(29)27-12-14-28(15-13-27)22-20(16-23)24-10-11-25-22/h6-11H,3-5,12-15,17H2,1-2H3. The Balaban J connectivity index is 1.52. The first-order valence-corrected chi connectivity index (χ1v) is 10.2. The van der Waals surface area contributed by atoms with Crippen LogP contribution in [0.15, 0.2) is 36.7 Å². The fraction of sp³-hybridized carbons (Fsp3) is 0.455. The van der Waals surface area contributed by atoms with Crippen LogP contribution in [0, 0.1) is 11.3 Å². The van der Waals surface area contributed by atoms with Crippen molar-refractivity contribution in [3.05, 3.63) is 47.9 Å². The van der Waals surface area contributed by atoms with Crippen LogP contribution in [-0.2, 0) is 11.2 Å². The number of carbonyl (C=O) groups is 1. The molecule has 2 aromatic rings. The van der Waals surface area contributed by atoms with Gasteiger partial charge in [0.05, 0.1) is 6.54 Å². The van der Waals surface area contributed by atoms with Crippen molar-refractivity contribution < 1.29 is 4.79 Å². The molecule has 1 fully saturated rings. The number of benzene rings is 1. The fourth-order valence-corrected chi connectivity index (χ4v) is 3.50. The fourth-order valence-electron chi connectivity index (χ4n) is 3.50. The predicted octanol–water partition coefficient (Wildman–Crippen LogP) is 2.48. The lowest BCUT2D eigenvalue weighted by Crippen LogP contribution is -2.51. The summed E-state index contributed by atoms with van der Waals surface area (Å²) in [5.74, 6) is 0.712. The van der Waals surface area contributed by atoms with Crippen LogP contribution in [0.1, 0.15) is 31.0 Å². The van der Waals surface area contributed by atoms with E-state index in [-0.39, 0.29) is 5.91 Å². The van der Waals surface area contributed by atoms with Gasteiger partial charge in [-0.1, -0.05) is 25.5 Å². The summed E-state index contributed by atoms with van der Waals surface area (Å²) in [7, 11) is 1.95. The Morgan fingerprint density at radius 2 is 1.83 bits per heavy atom. The highest BCUT2D eigenvalue weighted by molar-refractivity contribution is 5.81. The van der Waals surface area contributed by atoms with Crippen LogP contribution in [0.25, 0.3) is 0 Å². The van der Waals surface area contributed by atoms with Gasteiger partial charge in [-0.3, -0.25) is 4.79 Å². The first-order valence-electron chi connectivity index (χ1n) is 10.2. The van der Waals surface area contributed by atoms with Crippen LogP contribution in [0.5, 0.6) is 0 Å². The molecule has 29 heavy (non-hydrogen) atoms. The molecule has 1 aromatic heterocycles. The van der Waals surface area contributed by atoms with Crippen molar-refractivity contribution in [2.75, 3.05) is 49.6 Å². The second-order valence-electron chi connectivity index (χ2n) is 7.33. The molecule has 152 valence electrons. The van der Waals surface area contributed by atoms with E-state index in [0.29, 0.717) is 44.2 Å². The van der Waals surface area contributed by atoms with Crippen LogP contribution in [0.3, 0.4) is 0 Å². The Labute approximate surface area is 172 Å². The average molecular weight is 393 g/mol. The molecule has 0 aliphatic carbocycles. The molecule has 0 N–H and O–H groups in total. The molecule has 7 heteroatoms. The molecule has 0 spiro atoms. The van der Waals surface area contributed by atoms with Gasteiger partial charge in [0.1, 0.15) is 6.07 Å². The van der Waals surface area contributed by atoms with Crippen LogP contribution in [0.2, 0.25) is 0 Å². The highest BCUT2D eigenvalue weighted by atomic mass is 16.2. The maximum Gasteiger partial charge on any atom is 0.242 e. The van der Waals surface area contributed by atoms with Gasteiger partial charge in [0.2, 0.25) is 5.91 Å². The quantitative estimate of drug-likeness (QED) is 0.720. The molecule has 0 atom stereocenters. The number of nitriles is 1. The topological polar surface area (TPSA) is 76.4 Å². The minimum Gasteiger partial charge on any atom is -0.365 e. The lowest BCUT2D eigenvalue weighted by atomic mass is 10.1. The molecule has 1 aliphatic heterocycles. The molecule has 1 aliphatic rings.